The Morgan fingerprint density at radius 2 is 1.20 bits per heavy atom. The number of hydrogen-bond acceptors (Lipinski definition) is 4. The number of benzene rings is 6. The number of pyridine rings is 1. The number of fused-ring (bicyclic) bond motifs is 11. The first-order chi connectivity index (χ1) is 22.8. The van der Waals surface area contributed by atoms with Crippen molar-refractivity contribution >= 4 is 60.4 Å². The van der Waals surface area contributed by atoms with Crippen molar-refractivity contribution in [3.63, 3.8) is 0 Å². The van der Waals surface area contributed by atoms with Crippen LogP contribution in [0.4, 0.5) is 0 Å². The van der Waals surface area contributed by atoms with E-state index in [4.69, 9.17) is 19.4 Å². The molecule has 0 spiro atoms. The maximum atomic E-state index is 6.46. The first-order valence-corrected chi connectivity index (χ1v) is 15.4. The van der Waals surface area contributed by atoms with Gasteiger partial charge in [-0.2, -0.15) is 0 Å². The molecule has 0 N–H and O–H groups in total. The number of aromatic nitrogens is 4. The Morgan fingerprint density at radius 1 is 0.478 bits per heavy atom. The quantitative estimate of drug-likeness (QED) is 0.193. The minimum absolute atomic E-state index is 0.634. The van der Waals surface area contributed by atoms with E-state index in [2.05, 4.69) is 101 Å². The van der Waals surface area contributed by atoms with Gasteiger partial charge in [-0.05, 0) is 40.8 Å². The van der Waals surface area contributed by atoms with Gasteiger partial charge in [0.15, 0.2) is 11.5 Å². The average molecular weight is 589 g/mol. The van der Waals surface area contributed by atoms with Gasteiger partial charge in [0.05, 0.1) is 5.52 Å². The zero-order valence-corrected chi connectivity index (χ0v) is 24.6. The highest BCUT2D eigenvalue weighted by molar-refractivity contribution is 6.17. The van der Waals surface area contributed by atoms with Crippen molar-refractivity contribution in [3.8, 4) is 33.8 Å². The molecule has 0 fully saturated rings. The Kier molecular flexibility index (Phi) is 5.22. The predicted molar refractivity (Wildman–Crippen MR) is 187 cm³/mol. The molecule has 0 aliphatic heterocycles. The summed E-state index contributed by atoms with van der Waals surface area (Å²) in [7, 11) is 0. The largest absolute Gasteiger partial charge is 0.456 e. The van der Waals surface area contributed by atoms with Gasteiger partial charge >= 0.3 is 0 Å². The molecule has 10 rings (SSSR count). The number of nitrogens with zero attached hydrogens (tertiary/aromatic N) is 4. The summed E-state index contributed by atoms with van der Waals surface area (Å²) in [5, 5.41) is 5.46. The van der Waals surface area contributed by atoms with Crippen LogP contribution in [-0.4, -0.2) is 19.4 Å². The lowest BCUT2D eigenvalue weighted by Crippen LogP contribution is -1.98. The van der Waals surface area contributed by atoms with Gasteiger partial charge in [0.25, 0.3) is 0 Å². The van der Waals surface area contributed by atoms with Crippen LogP contribution in [0.2, 0.25) is 0 Å². The zero-order valence-electron chi connectivity index (χ0n) is 24.6. The first-order valence-electron chi connectivity index (χ1n) is 15.4. The smallest absolute Gasteiger partial charge is 0.183 e. The van der Waals surface area contributed by atoms with Crippen molar-refractivity contribution in [1.82, 2.24) is 19.4 Å². The molecule has 0 bridgehead atoms. The molecule has 0 radical (unpaired) electrons. The van der Waals surface area contributed by atoms with Crippen molar-refractivity contribution in [2.24, 2.45) is 0 Å². The molecule has 0 aliphatic carbocycles. The van der Waals surface area contributed by atoms with E-state index in [0.29, 0.717) is 11.5 Å². The fourth-order valence-corrected chi connectivity index (χ4v) is 6.95. The molecule has 0 amide bonds. The third-order valence-corrected chi connectivity index (χ3v) is 9.01. The molecule has 4 aromatic heterocycles. The number of imidazole rings is 1. The standard InChI is InChI=1S/C41H24N4O/c1-3-12-25(13-4-1)27-22-23-34-32(24-27)36-31(19-11-21-35(36)46-34)37-38-40(43-39(42-37)26-14-5-2-6-15-26)44-41-30-18-8-7-16-28(30)29-17-9-10-20-33(29)45(38)41/h1-24H. The topological polar surface area (TPSA) is 56.2 Å². The summed E-state index contributed by atoms with van der Waals surface area (Å²) in [5.41, 5.74) is 10.1. The average Bonchev–Trinajstić information content (AvgIpc) is 3.71. The normalized spacial score (nSPS) is 11.9. The van der Waals surface area contributed by atoms with E-state index in [-0.39, 0.29) is 0 Å². The molecule has 10 aromatic rings. The van der Waals surface area contributed by atoms with Gasteiger partial charge in [-0.3, -0.25) is 4.40 Å². The molecular weight excluding hydrogens is 564 g/mol. The fourth-order valence-electron chi connectivity index (χ4n) is 6.95. The summed E-state index contributed by atoms with van der Waals surface area (Å²) >= 11 is 0. The third kappa shape index (κ3) is 3.60. The molecule has 0 atom stereocenters. The molecule has 4 heterocycles. The highest BCUT2D eigenvalue weighted by atomic mass is 16.3. The summed E-state index contributed by atoms with van der Waals surface area (Å²) in [5.74, 6) is 0.634. The van der Waals surface area contributed by atoms with Gasteiger partial charge in [0, 0.05) is 32.7 Å². The van der Waals surface area contributed by atoms with E-state index in [1.165, 1.54) is 0 Å². The van der Waals surface area contributed by atoms with Crippen LogP contribution < -0.4 is 0 Å². The molecule has 6 aromatic carbocycles. The van der Waals surface area contributed by atoms with E-state index < -0.39 is 0 Å². The maximum absolute atomic E-state index is 6.46. The SMILES string of the molecule is c1ccc(-c2ccc3oc4cccc(-c5nc(-c6ccccc6)nc6nc7c8ccccc8c8ccccc8n7c56)c4c3c2)cc1. The van der Waals surface area contributed by atoms with Crippen LogP contribution in [0.5, 0.6) is 0 Å². The van der Waals surface area contributed by atoms with Crippen LogP contribution in [-0.2, 0) is 0 Å². The Balaban J connectivity index is 1.38. The van der Waals surface area contributed by atoms with Crippen LogP contribution in [0.15, 0.2) is 150 Å². The van der Waals surface area contributed by atoms with Crippen molar-refractivity contribution in [2.45, 2.75) is 0 Å². The monoisotopic (exact) mass is 588 g/mol. The molecule has 0 saturated carbocycles. The number of rotatable bonds is 3. The van der Waals surface area contributed by atoms with Crippen LogP contribution in [0.1, 0.15) is 0 Å². The molecule has 46 heavy (non-hydrogen) atoms. The van der Waals surface area contributed by atoms with E-state index in [1.54, 1.807) is 0 Å². The lowest BCUT2D eigenvalue weighted by atomic mass is 9.99. The molecular formula is C41H24N4O. The Hall–Kier alpha value is -6.33. The third-order valence-electron chi connectivity index (χ3n) is 9.01. The second-order valence-electron chi connectivity index (χ2n) is 11.6. The van der Waals surface area contributed by atoms with Crippen LogP contribution >= 0.6 is 0 Å². The van der Waals surface area contributed by atoms with Gasteiger partial charge in [-0.15, -0.1) is 0 Å². The summed E-state index contributed by atoms with van der Waals surface area (Å²) < 4.78 is 8.71. The summed E-state index contributed by atoms with van der Waals surface area (Å²) in [6.07, 6.45) is 0. The molecule has 5 heteroatoms. The Labute approximate surface area is 263 Å². The van der Waals surface area contributed by atoms with Crippen molar-refractivity contribution in [3.05, 3.63) is 146 Å². The predicted octanol–water partition coefficient (Wildman–Crippen LogP) is 10.5. The first kappa shape index (κ1) is 25.0. The lowest BCUT2D eigenvalue weighted by Gasteiger charge is -2.12. The van der Waals surface area contributed by atoms with Crippen molar-refractivity contribution in [2.75, 3.05) is 0 Å². The number of furan rings is 1. The molecule has 0 saturated heterocycles. The van der Waals surface area contributed by atoms with Crippen LogP contribution in [0.3, 0.4) is 0 Å². The lowest BCUT2D eigenvalue weighted by molar-refractivity contribution is 0.669. The zero-order chi connectivity index (χ0) is 30.2. The van der Waals surface area contributed by atoms with Gasteiger partial charge in [-0.1, -0.05) is 121 Å². The summed E-state index contributed by atoms with van der Waals surface area (Å²) in [6.45, 7) is 0. The summed E-state index contributed by atoms with van der Waals surface area (Å²) in [4.78, 5) is 15.7. The van der Waals surface area contributed by atoms with Crippen LogP contribution in [0.25, 0.3) is 94.2 Å². The summed E-state index contributed by atoms with van der Waals surface area (Å²) in [6, 6.07) is 50.2. The van der Waals surface area contributed by atoms with Gasteiger partial charge < -0.3 is 4.42 Å². The second kappa shape index (κ2) is 9.58. The molecule has 0 unspecified atom stereocenters. The van der Waals surface area contributed by atoms with Gasteiger partial charge in [-0.25, -0.2) is 15.0 Å². The number of para-hydroxylation sites is 1. The second-order valence-corrected chi connectivity index (χ2v) is 11.6. The fraction of sp³-hybridized carbons (Fsp3) is 0. The van der Waals surface area contributed by atoms with E-state index in [1.807, 2.05) is 48.5 Å². The Morgan fingerprint density at radius 3 is 2.02 bits per heavy atom. The Bertz CT molecular complexity index is 2800. The molecule has 214 valence electrons. The van der Waals surface area contributed by atoms with E-state index in [0.717, 1.165) is 82.7 Å². The van der Waals surface area contributed by atoms with Gasteiger partial charge in [0.1, 0.15) is 28.0 Å². The van der Waals surface area contributed by atoms with E-state index >= 15 is 0 Å². The van der Waals surface area contributed by atoms with Crippen molar-refractivity contribution < 1.29 is 4.42 Å². The highest BCUT2D eigenvalue weighted by Crippen LogP contribution is 2.42. The minimum atomic E-state index is 0.634. The minimum Gasteiger partial charge on any atom is -0.456 e. The number of hydrogen-bond donors (Lipinski definition) is 0. The van der Waals surface area contributed by atoms with E-state index in [9.17, 15) is 0 Å². The molecule has 5 nitrogen and oxygen atoms in total. The maximum Gasteiger partial charge on any atom is 0.183 e. The highest BCUT2D eigenvalue weighted by Gasteiger charge is 2.23. The van der Waals surface area contributed by atoms with Crippen molar-refractivity contribution in [1.29, 1.82) is 0 Å². The van der Waals surface area contributed by atoms with Gasteiger partial charge in [0.2, 0.25) is 0 Å². The molecule has 0 aliphatic rings. The van der Waals surface area contributed by atoms with Crippen LogP contribution in [0, 0.1) is 0 Å².